The van der Waals surface area contributed by atoms with E-state index in [0.717, 1.165) is 11.3 Å². The molecule has 1 aromatic rings. The maximum atomic E-state index is 10.8. The summed E-state index contributed by atoms with van der Waals surface area (Å²) in [6, 6.07) is 2.09. The second kappa shape index (κ2) is 8.50. The molecule has 138 valence electrons. The molecular weight excluding hydrogens is 447 g/mol. The van der Waals surface area contributed by atoms with E-state index in [9.17, 15) is 5.11 Å². The van der Waals surface area contributed by atoms with E-state index in [1.165, 1.54) is 35.7 Å². The van der Waals surface area contributed by atoms with Gasteiger partial charge in [0.15, 0.2) is 8.32 Å². The highest BCUT2D eigenvalue weighted by atomic mass is 127. The van der Waals surface area contributed by atoms with Gasteiger partial charge in [0.05, 0.1) is 12.2 Å². The van der Waals surface area contributed by atoms with Crippen LogP contribution in [-0.2, 0) is 4.43 Å². The number of rotatable bonds is 6. The monoisotopic (exact) mass is 480 g/mol. The molecule has 0 saturated heterocycles. The highest BCUT2D eigenvalue weighted by Crippen LogP contribution is 2.42. The number of aliphatic hydroxyl groups is 1. The molecule has 2 unspecified atom stereocenters. The standard InChI is InChI=1S/C19H33IO2SSi/c1-19(2,3)24(4,5)22-17(14-9-7-6-8-10-14)13-16(21)18-15(20)11-12-23-18/h11-12,14,16-17,21H,6-10,13H2,1-5H3. The Morgan fingerprint density at radius 1 is 1.29 bits per heavy atom. The van der Waals surface area contributed by atoms with Crippen LogP contribution >= 0.6 is 33.9 Å². The molecule has 0 aliphatic heterocycles. The van der Waals surface area contributed by atoms with Gasteiger partial charge in [0.2, 0.25) is 0 Å². The lowest BCUT2D eigenvalue weighted by Crippen LogP contribution is -2.46. The van der Waals surface area contributed by atoms with Gasteiger partial charge in [0.1, 0.15) is 0 Å². The highest BCUT2D eigenvalue weighted by Gasteiger charge is 2.41. The van der Waals surface area contributed by atoms with Crippen LogP contribution in [0.15, 0.2) is 11.4 Å². The summed E-state index contributed by atoms with van der Waals surface area (Å²) in [6.45, 7) is 11.6. The molecule has 0 aromatic carbocycles. The van der Waals surface area contributed by atoms with Crippen molar-refractivity contribution in [2.45, 2.75) is 89.6 Å². The number of hydrogen-bond donors (Lipinski definition) is 1. The van der Waals surface area contributed by atoms with Crippen molar-refractivity contribution >= 4 is 42.2 Å². The van der Waals surface area contributed by atoms with Crippen LogP contribution in [0, 0.1) is 9.49 Å². The van der Waals surface area contributed by atoms with Crippen molar-refractivity contribution < 1.29 is 9.53 Å². The fourth-order valence-electron chi connectivity index (χ4n) is 3.27. The Balaban J connectivity index is 2.15. The molecule has 1 saturated carbocycles. The van der Waals surface area contributed by atoms with Gasteiger partial charge < -0.3 is 9.53 Å². The smallest absolute Gasteiger partial charge is 0.192 e. The summed E-state index contributed by atoms with van der Waals surface area (Å²) >= 11 is 4.00. The van der Waals surface area contributed by atoms with Crippen molar-refractivity contribution in [2.24, 2.45) is 5.92 Å². The molecule has 1 fully saturated rings. The van der Waals surface area contributed by atoms with E-state index < -0.39 is 14.4 Å². The first-order valence-electron chi connectivity index (χ1n) is 9.20. The van der Waals surface area contributed by atoms with Gasteiger partial charge in [0, 0.05) is 14.9 Å². The van der Waals surface area contributed by atoms with Gasteiger partial charge in [-0.2, -0.15) is 0 Å². The molecule has 0 radical (unpaired) electrons. The summed E-state index contributed by atoms with van der Waals surface area (Å²) in [7, 11) is -1.83. The van der Waals surface area contributed by atoms with Crippen LogP contribution in [0.3, 0.4) is 0 Å². The Bertz CT molecular complexity index is 518. The van der Waals surface area contributed by atoms with Crippen molar-refractivity contribution in [2.75, 3.05) is 0 Å². The minimum absolute atomic E-state index is 0.194. The molecular formula is C19H33IO2SSi. The predicted molar refractivity (Wildman–Crippen MR) is 115 cm³/mol. The fraction of sp³-hybridized carbons (Fsp3) is 0.789. The summed E-state index contributed by atoms with van der Waals surface area (Å²) in [5.74, 6) is 0.611. The predicted octanol–water partition coefficient (Wildman–Crippen LogP) is 6.75. The first-order chi connectivity index (χ1) is 11.1. The Labute approximate surface area is 166 Å². The first-order valence-corrected chi connectivity index (χ1v) is 14.1. The zero-order valence-corrected chi connectivity index (χ0v) is 19.7. The second-order valence-corrected chi connectivity index (χ2v) is 15.6. The Hall–Kier alpha value is 0.567. The van der Waals surface area contributed by atoms with E-state index in [2.05, 4.69) is 67.9 Å². The molecule has 0 spiro atoms. The molecule has 1 aliphatic carbocycles. The van der Waals surface area contributed by atoms with Gasteiger partial charge >= 0.3 is 0 Å². The SMILES string of the molecule is CC(C)(C)[Si](C)(C)OC(CC(O)c1sccc1I)C1CCCCC1. The van der Waals surface area contributed by atoms with Gasteiger partial charge in [-0.1, -0.05) is 40.0 Å². The van der Waals surface area contributed by atoms with Crippen molar-refractivity contribution in [3.63, 3.8) is 0 Å². The van der Waals surface area contributed by atoms with Crippen molar-refractivity contribution in [3.05, 3.63) is 19.9 Å². The number of halogens is 1. The van der Waals surface area contributed by atoms with Gasteiger partial charge in [-0.05, 0) is 70.9 Å². The molecule has 2 atom stereocenters. The van der Waals surface area contributed by atoms with Crippen LogP contribution in [0.1, 0.15) is 70.3 Å². The normalized spacial score (nSPS) is 20.1. The average Bonchev–Trinajstić information content (AvgIpc) is 2.92. The van der Waals surface area contributed by atoms with Crippen LogP contribution in [0.2, 0.25) is 18.1 Å². The fourth-order valence-corrected chi connectivity index (χ4v) is 6.62. The third-order valence-electron chi connectivity index (χ3n) is 5.83. The summed E-state index contributed by atoms with van der Waals surface area (Å²) in [4.78, 5) is 1.11. The van der Waals surface area contributed by atoms with Crippen molar-refractivity contribution in [3.8, 4) is 0 Å². The minimum atomic E-state index is -1.83. The molecule has 2 rings (SSSR count). The lowest BCUT2D eigenvalue weighted by molar-refractivity contribution is 0.0389. The van der Waals surface area contributed by atoms with E-state index in [0.29, 0.717) is 5.92 Å². The van der Waals surface area contributed by atoms with Gasteiger partial charge in [-0.3, -0.25) is 0 Å². The van der Waals surface area contributed by atoms with Crippen LogP contribution in [0.4, 0.5) is 0 Å². The molecule has 1 heterocycles. The quantitative estimate of drug-likeness (QED) is 0.361. The summed E-state index contributed by atoms with van der Waals surface area (Å²) in [5.41, 5.74) is 0. The maximum Gasteiger partial charge on any atom is 0.192 e. The average molecular weight is 481 g/mol. The summed E-state index contributed by atoms with van der Waals surface area (Å²) < 4.78 is 8.01. The van der Waals surface area contributed by atoms with Crippen LogP contribution < -0.4 is 0 Å². The summed E-state index contributed by atoms with van der Waals surface area (Å²) in [5, 5.41) is 13.1. The topological polar surface area (TPSA) is 29.5 Å². The largest absolute Gasteiger partial charge is 0.414 e. The van der Waals surface area contributed by atoms with Crippen molar-refractivity contribution in [1.29, 1.82) is 0 Å². The van der Waals surface area contributed by atoms with E-state index >= 15 is 0 Å². The third kappa shape index (κ3) is 5.28. The lowest BCUT2D eigenvalue weighted by Gasteiger charge is -2.43. The Morgan fingerprint density at radius 3 is 2.42 bits per heavy atom. The summed E-state index contributed by atoms with van der Waals surface area (Å²) in [6.07, 6.45) is 7.04. The number of hydrogen-bond acceptors (Lipinski definition) is 3. The molecule has 2 nitrogen and oxygen atoms in total. The third-order valence-corrected chi connectivity index (χ3v) is 12.7. The van der Waals surface area contributed by atoms with E-state index in [4.69, 9.17) is 4.43 Å². The number of aliphatic hydroxyl groups excluding tert-OH is 1. The van der Waals surface area contributed by atoms with Gasteiger partial charge in [-0.25, -0.2) is 0 Å². The van der Waals surface area contributed by atoms with Crippen LogP contribution in [0.25, 0.3) is 0 Å². The Kier molecular flexibility index (Phi) is 7.40. The number of thiophene rings is 1. The van der Waals surface area contributed by atoms with Gasteiger partial charge in [0.25, 0.3) is 0 Å². The molecule has 1 aliphatic rings. The molecule has 0 amide bonds. The zero-order valence-electron chi connectivity index (χ0n) is 15.8. The zero-order chi connectivity index (χ0) is 18.0. The van der Waals surface area contributed by atoms with Gasteiger partial charge in [-0.15, -0.1) is 11.3 Å². The molecule has 1 N–H and O–H groups in total. The van der Waals surface area contributed by atoms with Crippen LogP contribution in [0.5, 0.6) is 0 Å². The lowest BCUT2D eigenvalue weighted by atomic mass is 9.83. The Morgan fingerprint density at radius 2 is 1.92 bits per heavy atom. The van der Waals surface area contributed by atoms with Crippen molar-refractivity contribution in [1.82, 2.24) is 0 Å². The molecule has 5 heteroatoms. The van der Waals surface area contributed by atoms with E-state index in [1.54, 1.807) is 11.3 Å². The van der Waals surface area contributed by atoms with Crippen LogP contribution in [-0.4, -0.2) is 19.5 Å². The molecule has 0 bridgehead atoms. The minimum Gasteiger partial charge on any atom is -0.414 e. The first kappa shape index (κ1) is 20.9. The molecule has 1 aromatic heterocycles. The maximum absolute atomic E-state index is 10.8. The molecule has 24 heavy (non-hydrogen) atoms. The second-order valence-electron chi connectivity index (χ2n) is 8.70. The van der Waals surface area contributed by atoms with E-state index in [1.807, 2.05) is 0 Å². The highest BCUT2D eigenvalue weighted by molar-refractivity contribution is 14.1. The van der Waals surface area contributed by atoms with E-state index in [-0.39, 0.29) is 11.1 Å².